The molecular weight excluding hydrogens is 382 g/mol. The fourth-order valence-electron chi connectivity index (χ4n) is 3.14. The largest absolute Gasteiger partial charge is 0.456 e. The number of hydrogen-bond acceptors (Lipinski definition) is 5. The second kappa shape index (κ2) is 10.3. The number of benzene rings is 2. The predicted molar refractivity (Wildman–Crippen MR) is 114 cm³/mol. The number of aryl methyl sites for hydroxylation is 3. The zero-order valence-corrected chi connectivity index (χ0v) is 17.0. The van der Waals surface area contributed by atoms with Crippen molar-refractivity contribution in [1.29, 1.82) is 0 Å². The number of rotatable bonds is 9. The molecule has 0 aliphatic heterocycles. The third-order valence-electron chi connectivity index (χ3n) is 4.78. The van der Waals surface area contributed by atoms with Crippen molar-refractivity contribution in [3.8, 4) is 0 Å². The van der Waals surface area contributed by atoms with E-state index < -0.39 is 5.97 Å². The van der Waals surface area contributed by atoms with Gasteiger partial charge < -0.3 is 10.1 Å². The molecule has 7 nitrogen and oxygen atoms in total. The van der Waals surface area contributed by atoms with Gasteiger partial charge in [0.15, 0.2) is 6.61 Å². The third-order valence-corrected chi connectivity index (χ3v) is 4.78. The number of carbonyl (C=O) groups excluding carboxylic acids is 2. The molecule has 1 N–H and O–H groups in total. The summed E-state index contributed by atoms with van der Waals surface area (Å²) in [4.78, 5) is 40.6. The van der Waals surface area contributed by atoms with Gasteiger partial charge in [0.1, 0.15) is 0 Å². The molecule has 0 spiro atoms. The molecule has 0 fully saturated rings. The number of aromatic nitrogens is 2. The van der Waals surface area contributed by atoms with Crippen LogP contribution in [-0.4, -0.2) is 34.6 Å². The number of amides is 1. The highest BCUT2D eigenvalue weighted by molar-refractivity contribution is 5.81. The molecule has 0 radical (unpaired) electrons. The highest BCUT2D eigenvalue weighted by atomic mass is 16.5. The van der Waals surface area contributed by atoms with Crippen LogP contribution in [-0.2, 0) is 27.3 Å². The van der Waals surface area contributed by atoms with Crippen LogP contribution in [0, 0.1) is 6.92 Å². The lowest BCUT2D eigenvalue weighted by atomic mass is 10.1. The van der Waals surface area contributed by atoms with Crippen LogP contribution < -0.4 is 10.9 Å². The van der Waals surface area contributed by atoms with Gasteiger partial charge in [0.25, 0.3) is 11.5 Å². The first-order valence-electron chi connectivity index (χ1n) is 9.95. The summed E-state index contributed by atoms with van der Waals surface area (Å²) in [5, 5.41) is 3.25. The van der Waals surface area contributed by atoms with Gasteiger partial charge >= 0.3 is 5.97 Å². The van der Waals surface area contributed by atoms with Gasteiger partial charge in [-0.3, -0.25) is 19.0 Å². The lowest BCUT2D eigenvalue weighted by molar-refractivity contribution is -0.148. The van der Waals surface area contributed by atoms with E-state index in [4.69, 9.17) is 4.74 Å². The van der Waals surface area contributed by atoms with Crippen LogP contribution in [0.15, 0.2) is 59.7 Å². The molecule has 3 rings (SSSR count). The highest BCUT2D eigenvalue weighted by Gasteiger charge is 2.10. The molecule has 3 aromatic rings. The summed E-state index contributed by atoms with van der Waals surface area (Å²) in [7, 11) is 0. The zero-order chi connectivity index (χ0) is 21.3. The summed E-state index contributed by atoms with van der Waals surface area (Å²) in [6.07, 6.45) is 3.10. The zero-order valence-electron chi connectivity index (χ0n) is 17.0. The van der Waals surface area contributed by atoms with E-state index in [0.717, 1.165) is 18.4 Å². The van der Waals surface area contributed by atoms with E-state index in [2.05, 4.69) is 10.3 Å². The van der Waals surface area contributed by atoms with Crippen LogP contribution in [0.2, 0.25) is 0 Å². The number of nitrogens with one attached hydrogen (secondary N) is 1. The summed E-state index contributed by atoms with van der Waals surface area (Å²) >= 11 is 0. The molecule has 0 saturated heterocycles. The first kappa shape index (κ1) is 21.2. The molecule has 0 bridgehead atoms. The van der Waals surface area contributed by atoms with Gasteiger partial charge in [0.05, 0.1) is 23.7 Å². The number of carbonyl (C=O) groups is 2. The van der Waals surface area contributed by atoms with Crippen LogP contribution in [0.25, 0.3) is 10.9 Å². The van der Waals surface area contributed by atoms with Crippen molar-refractivity contribution in [2.24, 2.45) is 0 Å². The minimum absolute atomic E-state index is 0.0137. The molecule has 0 saturated carbocycles. The Kier molecular flexibility index (Phi) is 7.32. The van der Waals surface area contributed by atoms with Gasteiger partial charge in [-0.1, -0.05) is 42.5 Å². The van der Waals surface area contributed by atoms with Gasteiger partial charge in [-0.2, -0.15) is 0 Å². The summed E-state index contributed by atoms with van der Waals surface area (Å²) in [5.41, 5.74) is 2.59. The van der Waals surface area contributed by atoms with Crippen molar-refractivity contribution in [3.05, 3.63) is 76.3 Å². The van der Waals surface area contributed by atoms with Gasteiger partial charge in [-0.15, -0.1) is 0 Å². The molecule has 0 unspecified atom stereocenters. The monoisotopic (exact) mass is 407 g/mol. The number of nitrogens with zero attached hydrogens (tertiary/aromatic N) is 2. The second-order valence-corrected chi connectivity index (χ2v) is 7.06. The number of para-hydroxylation sites is 1. The smallest absolute Gasteiger partial charge is 0.308 e. The molecule has 0 aliphatic rings. The van der Waals surface area contributed by atoms with Crippen molar-refractivity contribution in [1.82, 2.24) is 14.9 Å². The van der Waals surface area contributed by atoms with E-state index in [9.17, 15) is 14.4 Å². The molecule has 1 amide bonds. The molecule has 1 aromatic heterocycles. The standard InChI is InChI=1S/C23H25N3O4/c1-17-7-5-11-19-22(17)25-16-26(23(19)29)14-12-21(28)30-15-20(27)24-13-6-10-18-8-3-2-4-9-18/h2-5,7-9,11,16H,6,10,12-15H2,1H3,(H,24,27). The number of esters is 1. The molecule has 1 heterocycles. The molecule has 30 heavy (non-hydrogen) atoms. The first-order valence-corrected chi connectivity index (χ1v) is 9.95. The fraction of sp³-hybridized carbons (Fsp3) is 0.304. The summed E-state index contributed by atoms with van der Waals surface area (Å²) in [6, 6.07) is 15.4. The Balaban J connectivity index is 1.38. The predicted octanol–water partition coefficient (Wildman–Crippen LogP) is 2.39. The van der Waals surface area contributed by atoms with E-state index in [1.807, 2.05) is 43.3 Å². The Labute approximate surface area is 174 Å². The van der Waals surface area contributed by atoms with Gasteiger partial charge in [-0.25, -0.2) is 4.98 Å². The van der Waals surface area contributed by atoms with E-state index in [-0.39, 0.29) is 31.0 Å². The van der Waals surface area contributed by atoms with Crippen molar-refractivity contribution in [2.45, 2.75) is 32.7 Å². The van der Waals surface area contributed by atoms with E-state index in [1.54, 1.807) is 12.1 Å². The maximum atomic E-state index is 12.5. The van der Waals surface area contributed by atoms with E-state index >= 15 is 0 Å². The van der Waals surface area contributed by atoms with Crippen molar-refractivity contribution in [2.75, 3.05) is 13.2 Å². The average molecular weight is 407 g/mol. The molecule has 0 atom stereocenters. The van der Waals surface area contributed by atoms with Crippen LogP contribution in [0.4, 0.5) is 0 Å². The number of hydrogen-bond donors (Lipinski definition) is 1. The molecular formula is C23H25N3O4. The fourth-order valence-corrected chi connectivity index (χ4v) is 3.14. The van der Waals surface area contributed by atoms with E-state index in [0.29, 0.717) is 17.4 Å². The minimum Gasteiger partial charge on any atom is -0.456 e. The Morgan fingerprint density at radius 2 is 1.90 bits per heavy atom. The third kappa shape index (κ3) is 5.76. The van der Waals surface area contributed by atoms with Crippen molar-refractivity contribution < 1.29 is 14.3 Å². The topological polar surface area (TPSA) is 90.3 Å². The maximum Gasteiger partial charge on any atom is 0.308 e. The van der Waals surface area contributed by atoms with Gasteiger partial charge in [-0.05, 0) is 37.0 Å². The molecule has 156 valence electrons. The highest BCUT2D eigenvalue weighted by Crippen LogP contribution is 2.11. The lowest BCUT2D eigenvalue weighted by Crippen LogP contribution is -2.30. The van der Waals surface area contributed by atoms with Crippen LogP contribution in [0.1, 0.15) is 24.0 Å². The van der Waals surface area contributed by atoms with Crippen molar-refractivity contribution >= 4 is 22.8 Å². The Morgan fingerprint density at radius 3 is 2.70 bits per heavy atom. The van der Waals surface area contributed by atoms with Crippen LogP contribution in [0.3, 0.4) is 0 Å². The SMILES string of the molecule is Cc1cccc2c(=O)n(CCC(=O)OCC(=O)NCCCc3ccccc3)cnc12. The lowest BCUT2D eigenvalue weighted by Gasteiger charge is -2.09. The average Bonchev–Trinajstić information content (AvgIpc) is 2.76. The Bertz CT molecular complexity index is 1080. The normalized spacial score (nSPS) is 10.7. The maximum absolute atomic E-state index is 12.5. The van der Waals surface area contributed by atoms with Gasteiger partial charge in [0, 0.05) is 13.1 Å². The molecule has 7 heteroatoms. The number of fused-ring (bicyclic) bond motifs is 1. The second-order valence-electron chi connectivity index (χ2n) is 7.06. The van der Waals surface area contributed by atoms with Gasteiger partial charge in [0.2, 0.25) is 0 Å². The molecule has 2 aromatic carbocycles. The van der Waals surface area contributed by atoms with Crippen LogP contribution >= 0.6 is 0 Å². The summed E-state index contributed by atoms with van der Waals surface area (Å²) in [6.45, 7) is 2.23. The summed E-state index contributed by atoms with van der Waals surface area (Å²) in [5.74, 6) is -0.873. The Morgan fingerprint density at radius 1 is 1.10 bits per heavy atom. The quantitative estimate of drug-likeness (QED) is 0.434. The Hall–Kier alpha value is -3.48. The van der Waals surface area contributed by atoms with E-state index in [1.165, 1.54) is 16.5 Å². The summed E-state index contributed by atoms with van der Waals surface area (Å²) < 4.78 is 6.38. The molecule has 0 aliphatic carbocycles. The van der Waals surface area contributed by atoms with Crippen LogP contribution in [0.5, 0.6) is 0 Å². The minimum atomic E-state index is -0.536. The number of ether oxygens (including phenoxy) is 1. The first-order chi connectivity index (χ1) is 14.5. The van der Waals surface area contributed by atoms with Crippen molar-refractivity contribution in [3.63, 3.8) is 0 Å².